The molecule has 0 aliphatic heterocycles. The highest BCUT2D eigenvalue weighted by Gasteiger charge is 2.18. The molecule has 0 aliphatic carbocycles. The summed E-state index contributed by atoms with van der Waals surface area (Å²) < 4.78 is 11.5. The Balaban J connectivity index is 3.67. The number of ketones is 1. The van der Waals surface area contributed by atoms with Crippen LogP contribution in [-0.2, 0) is 4.79 Å². The van der Waals surface area contributed by atoms with Crippen LogP contribution in [0.5, 0.6) is 0 Å². The zero-order chi connectivity index (χ0) is 8.85. The molecule has 0 spiro atoms. The maximum absolute atomic E-state index is 11.5. The van der Waals surface area contributed by atoms with E-state index < -0.39 is 37.7 Å². The number of hydrogen-bond donors (Lipinski definition) is 3. The summed E-state index contributed by atoms with van der Waals surface area (Å²) in [4.78, 5) is 10.3. The van der Waals surface area contributed by atoms with Crippen molar-refractivity contribution in [3.8, 4) is 0 Å². The van der Waals surface area contributed by atoms with Gasteiger partial charge in [-0.25, -0.2) is 4.39 Å². The van der Waals surface area contributed by atoms with Gasteiger partial charge in [0.05, 0.1) is 12.7 Å². The third-order valence-corrected chi connectivity index (χ3v) is 1.22. The van der Waals surface area contributed by atoms with Crippen LogP contribution in [0.15, 0.2) is 0 Å². The summed E-state index contributed by atoms with van der Waals surface area (Å²) >= 11 is 0. The predicted molar refractivity (Wildman–Crippen MR) is 34.7 cm³/mol. The Hall–Kier alpha value is -0.520. The van der Waals surface area contributed by atoms with Gasteiger partial charge >= 0.3 is 0 Å². The summed E-state index contributed by atoms with van der Waals surface area (Å²) in [6.45, 7) is -1.80. The predicted octanol–water partition coefficient (Wildman–Crippen LogP) is -1.37. The van der Waals surface area contributed by atoms with Gasteiger partial charge in [-0.05, 0) is 0 Å². The highest BCUT2D eigenvalue weighted by Crippen LogP contribution is 1.99. The second-order valence-electron chi connectivity index (χ2n) is 2.19. The molecule has 0 radical (unpaired) electrons. The number of aliphatic hydroxyl groups excluding tert-OH is 3. The van der Waals surface area contributed by atoms with Gasteiger partial charge in [0.1, 0.15) is 12.8 Å². The van der Waals surface area contributed by atoms with E-state index in [0.717, 1.165) is 0 Å². The fraction of sp³-hybridized carbons (Fsp3) is 0.833. The molecule has 0 aromatic rings. The van der Waals surface area contributed by atoms with Crippen LogP contribution in [0.1, 0.15) is 6.42 Å². The standard InChI is InChI=1S/C6H11FO4/c7-2-4(9)1-5(10)6(11)3-8/h5-6,8,10-11H,1-3H2. The van der Waals surface area contributed by atoms with Gasteiger partial charge in [-0.3, -0.25) is 4.79 Å². The van der Waals surface area contributed by atoms with Gasteiger partial charge in [0.25, 0.3) is 0 Å². The van der Waals surface area contributed by atoms with Crippen LogP contribution < -0.4 is 0 Å². The molecule has 66 valence electrons. The van der Waals surface area contributed by atoms with E-state index >= 15 is 0 Å². The molecule has 0 saturated carbocycles. The number of carbonyl (C=O) groups is 1. The average molecular weight is 166 g/mol. The van der Waals surface area contributed by atoms with E-state index in [2.05, 4.69) is 0 Å². The van der Waals surface area contributed by atoms with E-state index in [4.69, 9.17) is 15.3 Å². The number of carbonyl (C=O) groups excluding carboxylic acids is 1. The van der Waals surface area contributed by atoms with Crippen molar-refractivity contribution in [3.05, 3.63) is 0 Å². The highest BCUT2D eigenvalue weighted by atomic mass is 19.1. The maximum atomic E-state index is 11.5. The van der Waals surface area contributed by atoms with Gasteiger partial charge in [0.15, 0.2) is 5.78 Å². The molecule has 3 N–H and O–H groups in total. The van der Waals surface area contributed by atoms with Gasteiger partial charge in [0.2, 0.25) is 0 Å². The lowest BCUT2D eigenvalue weighted by Crippen LogP contribution is -2.31. The van der Waals surface area contributed by atoms with Crippen LogP contribution in [0.2, 0.25) is 0 Å². The molecule has 4 nitrogen and oxygen atoms in total. The van der Waals surface area contributed by atoms with E-state index in [1.54, 1.807) is 0 Å². The Kier molecular flexibility index (Phi) is 4.93. The lowest BCUT2D eigenvalue weighted by Gasteiger charge is -2.13. The summed E-state index contributed by atoms with van der Waals surface area (Å²) in [5.74, 6) is -0.787. The fourth-order valence-electron chi connectivity index (χ4n) is 0.546. The smallest absolute Gasteiger partial charge is 0.166 e. The van der Waals surface area contributed by atoms with E-state index in [-0.39, 0.29) is 0 Å². The van der Waals surface area contributed by atoms with Crippen LogP contribution >= 0.6 is 0 Å². The topological polar surface area (TPSA) is 77.8 Å². The number of halogens is 1. The summed E-state index contributed by atoms with van der Waals surface area (Å²) in [5.41, 5.74) is 0. The van der Waals surface area contributed by atoms with Gasteiger partial charge < -0.3 is 15.3 Å². The normalized spacial score (nSPS) is 16.0. The first-order chi connectivity index (χ1) is 5.11. The van der Waals surface area contributed by atoms with Crippen molar-refractivity contribution in [2.75, 3.05) is 13.3 Å². The first kappa shape index (κ1) is 10.5. The van der Waals surface area contributed by atoms with Gasteiger partial charge in [-0.15, -0.1) is 0 Å². The first-order valence-corrected chi connectivity index (χ1v) is 3.16. The quantitative estimate of drug-likeness (QED) is 0.471. The minimum absolute atomic E-state index is 0.460. The van der Waals surface area contributed by atoms with Crippen LogP contribution in [0.25, 0.3) is 0 Å². The van der Waals surface area contributed by atoms with Crippen molar-refractivity contribution in [3.63, 3.8) is 0 Å². The van der Waals surface area contributed by atoms with Crippen molar-refractivity contribution in [1.82, 2.24) is 0 Å². The van der Waals surface area contributed by atoms with Gasteiger partial charge in [-0.2, -0.15) is 0 Å². The number of Topliss-reactive ketones (excluding diaryl/α,β-unsaturated/α-hetero) is 1. The highest BCUT2D eigenvalue weighted by molar-refractivity contribution is 5.79. The molecule has 0 amide bonds. The summed E-state index contributed by atoms with van der Waals surface area (Å²) in [6, 6.07) is 0. The second-order valence-corrected chi connectivity index (χ2v) is 2.19. The molecule has 0 heterocycles. The third kappa shape index (κ3) is 4.02. The molecule has 0 saturated heterocycles. The summed E-state index contributed by atoms with van der Waals surface area (Å²) in [5, 5.41) is 25.8. The molecule has 0 fully saturated rings. The Labute approximate surface area is 63.3 Å². The lowest BCUT2D eigenvalue weighted by atomic mass is 10.1. The molecular weight excluding hydrogens is 155 g/mol. The van der Waals surface area contributed by atoms with Crippen molar-refractivity contribution in [2.24, 2.45) is 0 Å². The molecule has 0 rings (SSSR count). The Morgan fingerprint density at radius 2 is 1.91 bits per heavy atom. The fourth-order valence-corrected chi connectivity index (χ4v) is 0.546. The number of rotatable bonds is 5. The molecule has 0 bridgehead atoms. The SMILES string of the molecule is O=C(CF)CC(O)C(O)CO. The first-order valence-electron chi connectivity index (χ1n) is 3.16. The monoisotopic (exact) mass is 166 g/mol. The Morgan fingerprint density at radius 1 is 1.36 bits per heavy atom. The third-order valence-electron chi connectivity index (χ3n) is 1.22. The Bertz CT molecular complexity index is 128. The minimum atomic E-state index is -1.37. The van der Waals surface area contributed by atoms with E-state index in [1.807, 2.05) is 0 Å². The van der Waals surface area contributed by atoms with E-state index in [1.165, 1.54) is 0 Å². The Morgan fingerprint density at radius 3 is 2.27 bits per heavy atom. The van der Waals surface area contributed by atoms with Crippen LogP contribution in [0.4, 0.5) is 4.39 Å². The zero-order valence-corrected chi connectivity index (χ0v) is 5.90. The average Bonchev–Trinajstić information content (AvgIpc) is 2.02. The van der Waals surface area contributed by atoms with Gasteiger partial charge in [0, 0.05) is 6.42 Å². The van der Waals surface area contributed by atoms with Crippen LogP contribution in [0, 0.1) is 0 Å². The van der Waals surface area contributed by atoms with E-state index in [9.17, 15) is 9.18 Å². The van der Waals surface area contributed by atoms with Crippen molar-refractivity contribution in [1.29, 1.82) is 0 Å². The number of alkyl halides is 1. The molecule has 0 aliphatic rings. The summed E-state index contributed by atoms with van der Waals surface area (Å²) in [6.07, 6.45) is -3.20. The number of hydrogen-bond acceptors (Lipinski definition) is 4. The molecule has 0 aromatic carbocycles. The lowest BCUT2D eigenvalue weighted by molar-refractivity contribution is -0.124. The van der Waals surface area contributed by atoms with Crippen molar-refractivity contribution in [2.45, 2.75) is 18.6 Å². The molecule has 2 atom stereocenters. The largest absolute Gasteiger partial charge is 0.394 e. The van der Waals surface area contributed by atoms with Crippen LogP contribution in [0.3, 0.4) is 0 Å². The van der Waals surface area contributed by atoms with Crippen molar-refractivity contribution < 1.29 is 24.5 Å². The van der Waals surface area contributed by atoms with E-state index in [0.29, 0.717) is 0 Å². The second kappa shape index (κ2) is 5.17. The molecule has 0 aromatic heterocycles. The van der Waals surface area contributed by atoms with Gasteiger partial charge in [-0.1, -0.05) is 0 Å². The molecular formula is C6H11FO4. The molecule has 2 unspecified atom stereocenters. The molecule has 5 heteroatoms. The minimum Gasteiger partial charge on any atom is -0.394 e. The molecule has 11 heavy (non-hydrogen) atoms. The summed E-state index contributed by atoms with van der Waals surface area (Å²) in [7, 11) is 0. The van der Waals surface area contributed by atoms with Crippen LogP contribution in [-0.4, -0.2) is 46.6 Å². The zero-order valence-electron chi connectivity index (χ0n) is 5.90. The number of aliphatic hydroxyl groups is 3. The maximum Gasteiger partial charge on any atom is 0.166 e. The van der Waals surface area contributed by atoms with Crippen molar-refractivity contribution >= 4 is 5.78 Å².